The first-order valence-corrected chi connectivity index (χ1v) is 7.95. The first-order valence-electron chi connectivity index (χ1n) is 6.46. The smallest absolute Gasteiger partial charge is 0.288 e. The quantitative estimate of drug-likeness (QED) is 0.555. The SMILES string of the molecule is CC(C)OP(=O)(N=CCc1ccccc1)OC(C)C. The van der Waals surface area contributed by atoms with E-state index in [1.165, 1.54) is 0 Å². The molecule has 19 heavy (non-hydrogen) atoms. The van der Waals surface area contributed by atoms with E-state index in [9.17, 15) is 4.57 Å². The van der Waals surface area contributed by atoms with E-state index in [2.05, 4.69) is 4.76 Å². The topological polar surface area (TPSA) is 47.9 Å². The summed E-state index contributed by atoms with van der Waals surface area (Å²) in [6.45, 7) is 7.23. The van der Waals surface area contributed by atoms with Crippen molar-refractivity contribution in [2.75, 3.05) is 0 Å². The summed E-state index contributed by atoms with van der Waals surface area (Å²) in [5.74, 6) is 0. The van der Waals surface area contributed by atoms with E-state index in [-0.39, 0.29) is 12.2 Å². The van der Waals surface area contributed by atoms with E-state index in [0.29, 0.717) is 6.42 Å². The average molecular weight is 283 g/mol. The Hall–Kier alpha value is -0.960. The highest BCUT2D eigenvalue weighted by Crippen LogP contribution is 2.51. The molecule has 0 aliphatic carbocycles. The van der Waals surface area contributed by atoms with Gasteiger partial charge in [0.2, 0.25) is 0 Å². The molecule has 1 aromatic rings. The van der Waals surface area contributed by atoms with Crippen LogP contribution in [-0.4, -0.2) is 18.4 Å². The van der Waals surface area contributed by atoms with Crippen molar-refractivity contribution in [2.24, 2.45) is 4.76 Å². The standard InChI is InChI=1S/C14H22NO3P/c1-12(2)17-19(16,18-13(3)4)15-11-10-14-8-6-5-7-9-14/h5-9,11-13H,10H2,1-4H3. The maximum absolute atomic E-state index is 12.4. The van der Waals surface area contributed by atoms with Gasteiger partial charge >= 0.3 is 7.75 Å². The molecule has 0 saturated heterocycles. The molecule has 1 rings (SSSR count). The van der Waals surface area contributed by atoms with Gasteiger partial charge in [-0.25, -0.2) is 4.57 Å². The summed E-state index contributed by atoms with van der Waals surface area (Å²) in [6.07, 6.45) is 1.81. The van der Waals surface area contributed by atoms with Crippen molar-refractivity contribution in [1.82, 2.24) is 0 Å². The Labute approximate surface area is 115 Å². The van der Waals surface area contributed by atoms with Gasteiger partial charge in [-0.05, 0) is 33.3 Å². The molecule has 106 valence electrons. The summed E-state index contributed by atoms with van der Waals surface area (Å²) in [7, 11) is -3.40. The number of rotatable bonds is 7. The molecule has 0 fully saturated rings. The lowest BCUT2D eigenvalue weighted by Crippen LogP contribution is -2.06. The van der Waals surface area contributed by atoms with Crippen molar-refractivity contribution >= 4 is 14.0 Å². The molecule has 0 N–H and O–H groups in total. The fourth-order valence-corrected chi connectivity index (χ4v) is 2.98. The molecule has 0 radical (unpaired) electrons. The van der Waals surface area contributed by atoms with E-state index >= 15 is 0 Å². The van der Waals surface area contributed by atoms with Crippen LogP contribution < -0.4 is 0 Å². The molecule has 0 atom stereocenters. The molecule has 0 saturated carbocycles. The Morgan fingerprint density at radius 3 is 2.11 bits per heavy atom. The monoisotopic (exact) mass is 283 g/mol. The predicted molar refractivity (Wildman–Crippen MR) is 78.7 cm³/mol. The summed E-state index contributed by atoms with van der Waals surface area (Å²) in [4.78, 5) is 0. The van der Waals surface area contributed by atoms with Crippen LogP contribution in [0.25, 0.3) is 0 Å². The van der Waals surface area contributed by atoms with E-state index in [1.54, 1.807) is 6.21 Å². The van der Waals surface area contributed by atoms with E-state index in [1.807, 2.05) is 58.0 Å². The second kappa shape index (κ2) is 7.59. The fourth-order valence-electron chi connectivity index (χ4n) is 1.47. The van der Waals surface area contributed by atoms with Gasteiger partial charge in [-0.1, -0.05) is 30.3 Å². The van der Waals surface area contributed by atoms with Crippen LogP contribution in [0.1, 0.15) is 33.3 Å². The van der Waals surface area contributed by atoms with Gasteiger partial charge in [-0.3, -0.25) is 9.05 Å². The van der Waals surface area contributed by atoms with Gasteiger partial charge in [0.15, 0.2) is 0 Å². The Bertz CT molecular complexity index is 429. The lowest BCUT2D eigenvalue weighted by Gasteiger charge is -2.18. The first-order chi connectivity index (χ1) is 8.91. The Morgan fingerprint density at radius 2 is 1.63 bits per heavy atom. The van der Waals surface area contributed by atoms with Crippen molar-refractivity contribution in [3.8, 4) is 0 Å². The zero-order valence-corrected chi connectivity index (χ0v) is 12.8. The highest BCUT2D eigenvalue weighted by molar-refractivity contribution is 7.52. The zero-order chi connectivity index (χ0) is 14.3. The second-order valence-corrected chi connectivity index (χ2v) is 6.35. The van der Waals surface area contributed by atoms with Crippen LogP contribution in [0.15, 0.2) is 35.1 Å². The summed E-state index contributed by atoms with van der Waals surface area (Å²) < 4.78 is 27.0. The maximum atomic E-state index is 12.4. The molecular formula is C14H22NO3P. The largest absolute Gasteiger partial charge is 0.454 e. The molecule has 5 heteroatoms. The number of benzene rings is 1. The van der Waals surface area contributed by atoms with Gasteiger partial charge in [-0.15, -0.1) is 0 Å². The third-order valence-corrected chi connectivity index (χ3v) is 3.90. The summed E-state index contributed by atoms with van der Waals surface area (Å²) in [5.41, 5.74) is 1.10. The van der Waals surface area contributed by atoms with Crippen LogP contribution in [0.3, 0.4) is 0 Å². The summed E-state index contributed by atoms with van der Waals surface area (Å²) in [6, 6.07) is 9.85. The maximum Gasteiger partial charge on any atom is 0.454 e. The normalized spacial score (nSPS) is 12.7. The van der Waals surface area contributed by atoms with Gasteiger partial charge in [0.05, 0.1) is 12.2 Å². The molecular weight excluding hydrogens is 261 g/mol. The minimum Gasteiger partial charge on any atom is -0.288 e. The van der Waals surface area contributed by atoms with Crippen molar-refractivity contribution in [3.05, 3.63) is 35.9 Å². The Kier molecular flexibility index (Phi) is 6.43. The van der Waals surface area contributed by atoms with E-state index in [4.69, 9.17) is 9.05 Å². The molecule has 0 aliphatic heterocycles. The van der Waals surface area contributed by atoms with Crippen LogP contribution in [0.5, 0.6) is 0 Å². The highest BCUT2D eigenvalue weighted by Gasteiger charge is 2.26. The van der Waals surface area contributed by atoms with Crippen LogP contribution in [0.4, 0.5) is 0 Å². The number of nitrogens with zero attached hydrogens (tertiary/aromatic N) is 1. The lowest BCUT2D eigenvalue weighted by molar-refractivity contribution is 0.143. The molecule has 0 aromatic heterocycles. The first kappa shape index (κ1) is 16.1. The Morgan fingerprint density at radius 1 is 1.11 bits per heavy atom. The molecule has 0 spiro atoms. The third-order valence-electron chi connectivity index (χ3n) is 2.08. The summed E-state index contributed by atoms with van der Waals surface area (Å²) >= 11 is 0. The fraction of sp³-hybridized carbons (Fsp3) is 0.500. The predicted octanol–water partition coefficient (Wildman–Crippen LogP) is 4.26. The van der Waals surface area contributed by atoms with Gasteiger partial charge in [-0.2, -0.15) is 4.76 Å². The van der Waals surface area contributed by atoms with Crippen molar-refractivity contribution in [1.29, 1.82) is 0 Å². The molecule has 0 heterocycles. The van der Waals surface area contributed by atoms with Crippen LogP contribution in [-0.2, 0) is 20.0 Å². The van der Waals surface area contributed by atoms with Crippen LogP contribution in [0.2, 0.25) is 0 Å². The highest BCUT2D eigenvalue weighted by atomic mass is 31.2. The molecule has 0 amide bonds. The van der Waals surface area contributed by atoms with Gasteiger partial charge in [0.1, 0.15) is 0 Å². The minimum atomic E-state index is -3.40. The number of hydrogen-bond donors (Lipinski definition) is 0. The third kappa shape index (κ3) is 6.67. The molecule has 4 nitrogen and oxygen atoms in total. The lowest BCUT2D eigenvalue weighted by atomic mass is 10.2. The zero-order valence-electron chi connectivity index (χ0n) is 11.9. The average Bonchev–Trinajstić information content (AvgIpc) is 2.27. The van der Waals surface area contributed by atoms with Gasteiger partial charge in [0.25, 0.3) is 0 Å². The second-order valence-electron chi connectivity index (χ2n) is 4.76. The van der Waals surface area contributed by atoms with E-state index < -0.39 is 7.75 Å². The van der Waals surface area contributed by atoms with Crippen LogP contribution >= 0.6 is 7.75 Å². The van der Waals surface area contributed by atoms with Crippen molar-refractivity contribution in [3.63, 3.8) is 0 Å². The molecule has 0 unspecified atom stereocenters. The van der Waals surface area contributed by atoms with E-state index in [0.717, 1.165) is 5.56 Å². The number of hydrogen-bond acceptors (Lipinski definition) is 3. The summed E-state index contributed by atoms with van der Waals surface area (Å²) in [5, 5.41) is 0. The van der Waals surface area contributed by atoms with Crippen molar-refractivity contribution in [2.45, 2.75) is 46.3 Å². The molecule has 0 aliphatic rings. The van der Waals surface area contributed by atoms with Crippen LogP contribution in [0, 0.1) is 0 Å². The van der Waals surface area contributed by atoms with Crippen molar-refractivity contribution < 1.29 is 13.6 Å². The minimum absolute atomic E-state index is 0.196. The molecule has 1 aromatic carbocycles. The molecule has 0 bridgehead atoms. The van der Waals surface area contributed by atoms with Gasteiger partial charge < -0.3 is 0 Å². The Balaban J connectivity index is 2.69. The van der Waals surface area contributed by atoms with Gasteiger partial charge in [0, 0.05) is 12.6 Å².